The molecule has 0 fully saturated rings. The predicted molar refractivity (Wildman–Crippen MR) is 40.1 cm³/mol. The second-order valence-corrected chi connectivity index (χ2v) is 3.02. The molecule has 1 atom stereocenters. The van der Waals surface area contributed by atoms with Gasteiger partial charge in [-0.3, -0.25) is 0 Å². The number of nitrogens with two attached hydrogens (primary N) is 1. The summed E-state index contributed by atoms with van der Waals surface area (Å²) in [5.41, 5.74) is 5.64. The molecule has 1 rings (SSSR count). The minimum absolute atomic E-state index is 0.384. The van der Waals surface area contributed by atoms with Crippen molar-refractivity contribution in [2.45, 2.75) is 32.2 Å². The smallest absolute Gasteiger partial charge is 0.00133 e. The van der Waals surface area contributed by atoms with Crippen LogP contribution in [0.1, 0.15) is 26.2 Å². The Morgan fingerprint density at radius 1 is 1.56 bits per heavy atom. The van der Waals surface area contributed by atoms with Crippen LogP contribution in [0.2, 0.25) is 0 Å². The highest BCUT2D eigenvalue weighted by Gasteiger charge is 2.10. The fourth-order valence-corrected chi connectivity index (χ4v) is 1.39. The molecule has 0 aliphatic heterocycles. The van der Waals surface area contributed by atoms with E-state index in [0.717, 1.165) is 5.92 Å². The van der Waals surface area contributed by atoms with Crippen molar-refractivity contribution in [1.82, 2.24) is 0 Å². The van der Waals surface area contributed by atoms with Crippen LogP contribution in [0.5, 0.6) is 0 Å². The molecular weight excluding hydrogens is 110 g/mol. The highest BCUT2D eigenvalue weighted by atomic mass is 14.6. The molecule has 1 unspecified atom stereocenters. The van der Waals surface area contributed by atoms with E-state index in [1.54, 1.807) is 0 Å². The van der Waals surface area contributed by atoms with Crippen LogP contribution < -0.4 is 5.73 Å². The third-order valence-corrected chi connectivity index (χ3v) is 1.81. The molecule has 0 aromatic rings. The Morgan fingerprint density at radius 3 is 2.56 bits per heavy atom. The molecule has 0 saturated heterocycles. The summed E-state index contributed by atoms with van der Waals surface area (Å²) in [6.07, 6.45) is 8.20. The van der Waals surface area contributed by atoms with Gasteiger partial charge in [0, 0.05) is 6.04 Å². The summed E-state index contributed by atoms with van der Waals surface area (Å²) in [6.45, 7) is 2.08. The van der Waals surface area contributed by atoms with Gasteiger partial charge in [0.1, 0.15) is 0 Å². The fraction of sp³-hybridized carbons (Fsp3) is 0.750. The predicted octanol–water partition coefficient (Wildman–Crippen LogP) is 1.69. The highest BCUT2D eigenvalue weighted by molar-refractivity contribution is 4.94. The quantitative estimate of drug-likeness (QED) is 0.558. The van der Waals surface area contributed by atoms with Gasteiger partial charge in [0.15, 0.2) is 0 Å². The van der Waals surface area contributed by atoms with Gasteiger partial charge in [0.25, 0.3) is 0 Å². The molecule has 0 aromatic carbocycles. The van der Waals surface area contributed by atoms with Crippen LogP contribution in [-0.2, 0) is 0 Å². The van der Waals surface area contributed by atoms with Gasteiger partial charge in [0.2, 0.25) is 0 Å². The summed E-state index contributed by atoms with van der Waals surface area (Å²) in [6, 6.07) is 0.384. The van der Waals surface area contributed by atoms with E-state index in [4.69, 9.17) is 5.73 Å². The number of allylic oxidation sites excluding steroid dienone is 2. The summed E-state index contributed by atoms with van der Waals surface area (Å²) < 4.78 is 0. The molecule has 0 heterocycles. The monoisotopic (exact) mass is 125 g/mol. The first-order valence-electron chi connectivity index (χ1n) is 3.69. The van der Waals surface area contributed by atoms with Gasteiger partial charge in [-0.1, -0.05) is 12.2 Å². The lowest BCUT2D eigenvalue weighted by Gasteiger charge is -2.10. The molecule has 0 radical (unpaired) electrons. The first-order valence-corrected chi connectivity index (χ1v) is 3.69. The lowest BCUT2D eigenvalue weighted by molar-refractivity contribution is 0.472. The Labute approximate surface area is 56.9 Å². The lowest BCUT2D eigenvalue weighted by atomic mass is 9.99. The van der Waals surface area contributed by atoms with E-state index in [9.17, 15) is 0 Å². The maximum absolute atomic E-state index is 5.64. The van der Waals surface area contributed by atoms with E-state index < -0.39 is 0 Å². The van der Waals surface area contributed by atoms with Crippen molar-refractivity contribution in [1.29, 1.82) is 0 Å². The fourth-order valence-electron chi connectivity index (χ4n) is 1.39. The molecule has 1 nitrogen and oxygen atoms in total. The molecule has 1 aliphatic rings. The van der Waals surface area contributed by atoms with Crippen molar-refractivity contribution < 1.29 is 0 Å². The second-order valence-electron chi connectivity index (χ2n) is 3.02. The summed E-state index contributed by atoms with van der Waals surface area (Å²) in [7, 11) is 0. The van der Waals surface area contributed by atoms with Crippen molar-refractivity contribution in [2.24, 2.45) is 11.7 Å². The van der Waals surface area contributed by atoms with Gasteiger partial charge in [-0.05, 0) is 32.1 Å². The average molecular weight is 125 g/mol. The van der Waals surface area contributed by atoms with Crippen LogP contribution in [-0.4, -0.2) is 6.04 Å². The van der Waals surface area contributed by atoms with Crippen LogP contribution in [0.4, 0.5) is 0 Å². The number of rotatable bonds is 2. The third-order valence-electron chi connectivity index (χ3n) is 1.81. The molecule has 52 valence electrons. The third kappa shape index (κ3) is 2.19. The molecule has 9 heavy (non-hydrogen) atoms. The average Bonchev–Trinajstić information content (AvgIpc) is 2.15. The van der Waals surface area contributed by atoms with Crippen molar-refractivity contribution >= 4 is 0 Å². The van der Waals surface area contributed by atoms with Gasteiger partial charge >= 0.3 is 0 Å². The summed E-state index contributed by atoms with van der Waals surface area (Å²) in [5.74, 6) is 0.852. The van der Waals surface area contributed by atoms with E-state index >= 15 is 0 Å². The number of hydrogen-bond donors (Lipinski definition) is 1. The zero-order chi connectivity index (χ0) is 6.69. The van der Waals surface area contributed by atoms with Gasteiger partial charge in [-0.15, -0.1) is 0 Å². The van der Waals surface area contributed by atoms with Gasteiger partial charge in [-0.2, -0.15) is 0 Å². The van der Waals surface area contributed by atoms with Gasteiger partial charge < -0.3 is 5.73 Å². The Morgan fingerprint density at radius 2 is 2.11 bits per heavy atom. The highest BCUT2D eigenvalue weighted by Crippen LogP contribution is 2.21. The standard InChI is InChI=1S/C8H15N/c1-7(9)6-8-4-2-3-5-8/h2-3,7-8H,4-6,9H2,1H3. The minimum atomic E-state index is 0.384. The summed E-state index contributed by atoms with van der Waals surface area (Å²) in [4.78, 5) is 0. The lowest BCUT2D eigenvalue weighted by Crippen LogP contribution is -2.18. The van der Waals surface area contributed by atoms with E-state index in [2.05, 4.69) is 19.1 Å². The zero-order valence-corrected chi connectivity index (χ0v) is 6.01. The molecule has 2 N–H and O–H groups in total. The zero-order valence-electron chi connectivity index (χ0n) is 6.01. The minimum Gasteiger partial charge on any atom is -0.328 e. The van der Waals surface area contributed by atoms with E-state index in [1.165, 1.54) is 19.3 Å². The van der Waals surface area contributed by atoms with Crippen LogP contribution in [0, 0.1) is 5.92 Å². The van der Waals surface area contributed by atoms with Crippen molar-refractivity contribution in [3.05, 3.63) is 12.2 Å². The first kappa shape index (κ1) is 6.81. The molecule has 0 spiro atoms. The molecule has 0 bridgehead atoms. The summed E-state index contributed by atoms with van der Waals surface area (Å²) >= 11 is 0. The SMILES string of the molecule is CC(N)CC1CC=CC1. The normalized spacial score (nSPS) is 22.9. The van der Waals surface area contributed by atoms with Crippen LogP contribution in [0.3, 0.4) is 0 Å². The van der Waals surface area contributed by atoms with Crippen molar-refractivity contribution in [3.63, 3.8) is 0 Å². The summed E-state index contributed by atoms with van der Waals surface area (Å²) in [5, 5.41) is 0. The van der Waals surface area contributed by atoms with Crippen molar-refractivity contribution in [2.75, 3.05) is 0 Å². The van der Waals surface area contributed by atoms with Gasteiger partial charge in [-0.25, -0.2) is 0 Å². The van der Waals surface area contributed by atoms with Crippen LogP contribution in [0.25, 0.3) is 0 Å². The van der Waals surface area contributed by atoms with E-state index in [-0.39, 0.29) is 0 Å². The van der Waals surface area contributed by atoms with Crippen LogP contribution >= 0.6 is 0 Å². The molecular formula is C8H15N. The van der Waals surface area contributed by atoms with Gasteiger partial charge in [0.05, 0.1) is 0 Å². The molecule has 0 aromatic heterocycles. The Hall–Kier alpha value is -0.300. The maximum atomic E-state index is 5.64. The Kier molecular flexibility index (Phi) is 2.29. The largest absolute Gasteiger partial charge is 0.328 e. The molecule has 1 aliphatic carbocycles. The topological polar surface area (TPSA) is 26.0 Å². The Balaban J connectivity index is 2.14. The Bertz CT molecular complexity index is 97.1. The number of hydrogen-bond acceptors (Lipinski definition) is 1. The van der Waals surface area contributed by atoms with E-state index in [0.29, 0.717) is 6.04 Å². The molecule has 1 heteroatoms. The van der Waals surface area contributed by atoms with Crippen LogP contribution in [0.15, 0.2) is 12.2 Å². The second kappa shape index (κ2) is 3.02. The maximum Gasteiger partial charge on any atom is 0.00133 e. The first-order chi connectivity index (χ1) is 4.29. The molecule has 0 amide bonds. The van der Waals surface area contributed by atoms with Crippen molar-refractivity contribution in [3.8, 4) is 0 Å². The van der Waals surface area contributed by atoms with E-state index in [1.807, 2.05) is 0 Å². The molecule has 0 saturated carbocycles.